The molecule has 1 aliphatic rings. The Bertz CT molecular complexity index is 457. The van der Waals surface area contributed by atoms with E-state index in [0.717, 1.165) is 6.42 Å². The standard InChI is InChI=1S/C14H14N2O/c15-10-13-6-7-14(16-11-13)17-9-8-12-4-2-1-3-5-12/h1-7,11,14,16H,8-9H2/t14-/m0/s1. The van der Waals surface area contributed by atoms with Crippen LogP contribution < -0.4 is 5.32 Å². The van der Waals surface area contributed by atoms with Crippen LogP contribution in [0.25, 0.3) is 0 Å². The van der Waals surface area contributed by atoms with E-state index in [1.807, 2.05) is 24.3 Å². The minimum Gasteiger partial charge on any atom is -0.362 e. The molecule has 2 rings (SSSR count). The molecule has 0 saturated carbocycles. The number of nitrogens with zero attached hydrogens (tertiary/aromatic N) is 1. The molecular weight excluding hydrogens is 212 g/mol. The molecule has 0 amide bonds. The normalized spacial score (nSPS) is 18.1. The summed E-state index contributed by atoms with van der Waals surface area (Å²) >= 11 is 0. The minimum atomic E-state index is -0.129. The van der Waals surface area contributed by atoms with Crippen molar-refractivity contribution >= 4 is 0 Å². The van der Waals surface area contributed by atoms with Gasteiger partial charge >= 0.3 is 0 Å². The highest BCUT2D eigenvalue weighted by Crippen LogP contribution is 2.05. The Morgan fingerprint density at radius 3 is 2.76 bits per heavy atom. The average molecular weight is 226 g/mol. The summed E-state index contributed by atoms with van der Waals surface area (Å²) in [4.78, 5) is 0. The first-order valence-electron chi connectivity index (χ1n) is 5.58. The van der Waals surface area contributed by atoms with E-state index in [1.54, 1.807) is 12.3 Å². The van der Waals surface area contributed by atoms with Crippen molar-refractivity contribution in [1.29, 1.82) is 5.26 Å². The van der Waals surface area contributed by atoms with Gasteiger partial charge in [0.25, 0.3) is 0 Å². The van der Waals surface area contributed by atoms with Gasteiger partial charge in [-0.1, -0.05) is 30.3 Å². The van der Waals surface area contributed by atoms with Crippen molar-refractivity contribution in [1.82, 2.24) is 5.32 Å². The number of ether oxygens (including phenoxy) is 1. The molecule has 1 atom stereocenters. The quantitative estimate of drug-likeness (QED) is 0.855. The van der Waals surface area contributed by atoms with Crippen LogP contribution in [0.1, 0.15) is 5.56 Å². The lowest BCUT2D eigenvalue weighted by Gasteiger charge is -2.17. The van der Waals surface area contributed by atoms with Gasteiger partial charge in [-0.15, -0.1) is 0 Å². The third-order valence-corrected chi connectivity index (χ3v) is 2.51. The first kappa shape index (κ1) is 11.4. The van der Waals surface area contributed by atoms with E-state index < -0.39 is 0 Å². The third kappa shape index (κ3) is 3.47. The molecule has 0 aromatic heterocycles. The van der Waals surface area contributed by atoms with E-state index in [9.17, 15) is 0 Å². The largest absolute Gasteiger partial charge is 0.362 e. The van der Waals surface area contributed by atoms with Gasteiger partial charge < -0.3 is 10.1 Å². The summed E-state index contributed by atoms with van der Waals surface area (Å²) in [5, 5.41) is 11.7. The summed E-state index contributed by atoms with van der Waals surface area (Å²) in [5.41, 5.74) is 1.88. The summed E-state index contributed by atoms with van der Waals surface area (Å²) in [6.45, 7) is 0.655. The lowest BCUT2D eigenvalue weighted by Crippen LogP contribution is -2.28. The van der Waals surface area contributed by atoms with E-state index in [0.29, 0.717) is 12.2 Å². The molecule has 1 aromatic carbocycles. The summed E-state index contributed by atoms with van der Waals surface area (Å²) in [6, 6.07) is 12.3. The fourth-order valence-corrected chi connectivity index (χ4v) is 1.59. The van der Waals surface area contributed by atoms with Crippen LogP contribution in [0.2, 0.25) is 0 Å². The van der Waals surface area contributed by atoms with Gasteiger partial charge in [0.15, 0.2) is 0 Å². The first-order valence-corrected chi connectivity index (χ1v) is 5.58. The van der Waals surface area contributed by atoms with Crippen LogP contribution in [0.3, 0.4) is 0 Å². The number of nitriles is 1. The van der Waals surface area contributed by atoms with Crippen molar-refractivity contribution in [2.24, 2.45) is 0 Å². The molecule has 3 nitrogen and oxygen atoms in total. The second-order valence-corrected chi connectivity index (χ2v) is 3.76. The van der Waals surface area contributed by atoms with E-state index in [-0.39, 0.29) is 6.23 Å². The van der Waals surface area contributed by atoms with Crippen LogP contribution in [-0.4, -0.2) is 12.8 Å². The molecule has 0 bridgehead atoms. The van der Waals surface area contributed by atoms with Gasteiger partial charge in [0.1, 0.15) is 12.3 Å². The Kier molecular flexibility index (Phi) is 3.95. The molecular formula is C14H14N2O. The van der Waals surface area contributed by atoms with E-state index >= 15 is 0 Å². The highest BCUT2D eigenvalue weighted by Gasteiger charge is 2.06. The molecule has 0 spiro atoms. The maximum absolute atomic E-state index is 8.65. The molecule has 17 heavy (non-hydrogen) atoms. The van der Waals surface area contributed by atoms with Crippen molar-refractivity contribution in [2.45, 2.75) is 12.6 Å². The lowest BCUT2D eigenvalue weighted by atomic mass is 10.2. The zero-order chi connectivity index (χ0) is 11.9. The molecule has 1 heterocycles. The van der Waals surface area contributed by atoms with Crippen molar-refractivity contribution in [3.05, 3.63) is 59.8 Å². The SMILES string of the molecule is N#CC1=CN[C@@H](OCCc2ccccc2)C=C1. The Morgan fingerprint density at radius 1 is 1.29 bits per heavy atom. The molecule has 1 aliphatic heterocycles. The number of benzene rings is 1. The van der Waals surface area contributed by atoms with Gasteiger partial charge in [0, 0.05) is 6.20 Å². The summed E-state index contributed by atoms with van der Waals surface area (Å²) < 4.78 is 5.63. The van der Waals surface area contributed by atoms with Crippen molar-refractivity contribution in [2.75, 3.05) is 6.61 Å². The minimum absolute atomic E-state index is 0.129. The fraction of sp³-hybridized carbons (Fsp3) is 0.214. The first-order chi connectivity index (χ1) is 8.38. The Morgan fingerprint density at radius 2 is 2.12 bits per heavy atom. The number of allylic oxidation sites excluding steroid dienone is 2. The number of rotatable bonds is 4. The molecule has 0 unspecified atom stereocenters. The number of nitrogens with one attached hydrogen (secondary N) is 1. The molecule has 1 N–H and O–H groups in total. The number of dihydropyridines is 1. The predicted molar refractivity (Wildman–Crippen MR) is 65.9 cm³/mol. The topological polar surface area (TPSA) is 45.0 Å². The lowest BCUT2D eigenvalue weighted by molar-refractivity contribution is 0.0731. The molecule has 0 fully saturated rings. The van der Waals surface area contributed by atoms with Crippen LogP contribution in [0.4, 0.5) is 0 Å². The third-order valence-electron chi connectivity index (χ3n) is 2.51. The van der Waals surface area contributed by atoms with E-state index in [2.05, 4.69) is 23.5 Å². The Hall–Kier alpha value is -2.05. The van der Waals surface area contributed by atoms with Crippen LogP contribution in [-0.2, 0) is 11.2 Å². The average Bonchev–Trinajstić information content (AvgIpc) is 2.41. The van der Waals surface area contributed by atoms with Gasteiger partial charge in [0.05, 0.1) is 12.2 Å². The number of hydrogen-bond acceptors (Lipinski definition) is 3. The zero-order valence-electron chi connectivity index (χ0n) is 9.47. The van der Waals surface area contributed by atoms with Crippen molar-refractivity contribution in [3.63, 3.8) is 0 Å². The predicted octanol–water partition coefficient (Wildman–Crippen LogP) is 2.14. The zero-order valence-corrected chi connectivity index (χ0v) is 9.47. The van der Waals surface area contributed by atoms with Gasteiger partial charge in [-0.3, -0.25) is 0 Å². The second kappa shape index (κ2) is 5.88. The van der Waals surface area contributed by atoms with Gasteiger partial charge in [-0.25, -0.2) is 0 Å². The van der Waals surface area contributed by atoms with Gasteiger partial charge in [0.2, 0.25) is 0 Å². The monoisotopic (exact) mass is 226 g/mol. The van der Waals surface area contributed by atoms with Gasteiger partial charge in [-0.05, 0) is 24.1 Å². The maximum Gasteiger partial charge on any atom is 0.146 e. The molecule has 86 valence electrons. The summed E-state index contributed by atoms with van der Waals surface area (Å²) in [6.07, 6.45) is 6.05. The molecule has 0 saturated heterocycles. The maximum atomic E-state index is 8.65. The molecule has 0 aliphatic carbocycles. The van der Waals surface area contributed by atoms with Crippen LogP contribution in [0.5, 0.6) is 0 Å². The van der Waals surface area contributed by atoms with Gasteiger partial charge in [-0.2, -0.15) is 5.26 Å². The van der Waals surface area contributed by atoms with E-state index in [1.165, 1.54) is 5.56 Å². The number of hydrogen-bond donors (Lipinski definition) is 1. The smallest absolute Gasteiger partial charge is 0.146 e. The highest BCUT2D eigenvalue weighted by atomic mass is 16.5. The highest BCUT2D eigenvalue weighted by molar-refractivity contribution is 5.35. The van der Waals surface area contributed by atoms with Crippen LogP contribution >= 0.6 is 0 Å². The Balaban J connectivity index is 1.73. The van der Waals surface area contributed by atoms with Crippen LogP contribution in [0.15, 0.2) is 54.3 Å². The van der Waals surface area contributed by atoms with Crippen molar-refractivity contribution < 1.29 is 4.74 Å². The molecule has 3 heteroatoms. The van der Waals surface area contributed by atoms with Crippen LogP contribution in [0, 0.1) is 11.3 Å². The summed E-state index contributed by atoms with van der Waals surface area (Å²) in [5.74, 6) is 0. The molecule has 1 aromatic rings. The fourth-order valence-electron chi connectivity index (χ4n) is 1.59. The summed E-state index contributed by atoms with van der Waals surface area (Å²) in [7, 11) is 0. The second-order valence-electron chi connectivity index (χ2n) is 3.76. The van der Waals surface area contributed by atoms with E-state index in [4.69, 9.17) is 10.00 Å². The van der Waals surface area contributed by atoms with Crippen molar-refractivity contribution in [3.8, 4) is 6.07 Å². The Labute approximate surface area is 101 Å². The molecule has 0 radical (unpaired) electrons.